The Hall–Kier alpha value is -2.07. The lowest BCUT2D eigenvalue weighted by Gasteiger charge is -2.28. The molecule has 3 rings (SSSR count). The summed E-state index contributed by atoms with van der Waals surface area (Å²) in [6.07, 6.45) is 6.41. The Kier molecular flexibility index (Phi) is 8.59. The van der Waals surface area contributed by atoms with Gasteiger partial charge in [-0.25, -0.2) is 4.39 Å². The molecule has 1 aliphatic carbocycles. The van der Waals surface area contributed by atoms with Crippen LogP contribution in [0.2, 0.25) is 5.02 Å². The summed E-state index contributed by atoms with van der Waals surface area (Å²) >= 11 is 5.75. The Bertz CT molecular complexity index is 713. The highest BCUT2D eigenvalue weighted by Gasteiger charge is 2.21. The number of para-hydroxylation sites is 1. The van der Waals surface area contributed by atoms with Crippen molar-refractivity contribution in [2.45, 2.75) is 52.1 Å². The summed E-state index contributed by atoms with van der Waals surface area (Å²) in [5.41, 5.74) is 0.654. The molecular weight excluding hydrogens is 365 g/mol. The largest absolute Gasteiger partial charge is 0.490 e. The minimum absolute atomic E-state index is 0.113. The van der Waals surface area contributed by atoms with E-state index in [-0.39, 0.29) is 11.7 Å². The van der Waals surface area contributed by atoms with Crippen LogP contribution in [0.25, 0.3) is 0 Å². The van der Waals surface area contributed by atoms with E-state index in [1.54, 1.807) is 24.3 Å². The predicted octanol–water partition coefficient (Wildman–Crippen LogP) is 6.47. The summed E-state index contributed by atoms with van der Waals surface area (Å²) in [6.45, 7) is 3.70. The van der Waals surface area contributed by atoms with E-state index in [2.05, 4.69) is 12.2 Å². The quantitative estimate of drug-likeness (QED) is 0.648. The van der Waals surface area contributed by atoms with Crippen LogP contribution in [0.15, 0.2) is 48.5 Å². The van der Waals surface area contributed by atoms with E-state index in [1.165, 1.54) is 38.3 Å². The van der Waals surface area contributed by atoms with Gasteiger partial charge in [-0.05, 0) is 68.0 Å². The van der Waals surface area contributed by atoms with Crippen molar-refractivity contribution in [3.05, 3.63) is 59.4 Å². The molecule has 27 heavy (non-hydrogen) atoms. The monoisotopic (exact) mass is 391 g/mol. The molecule has 1 N–H and O–H groups in total. The fourth-order valence-corrected chi connectivity index (χ4v) is 3.30. The van der Waals surface area contributed by atoms with Gasteiger partial charge < -0.3 is 10.1 Å². The molecule has 0 atom stereocenters. The third kappa shape index (κ3) is 7.59. The van der Waals surface area contributed by atoms with E-state index in [0.717, 1.165) is 24.5 Å². The normalized spacial score (nSPS) is 18.8. The topological polar surface area (TPSA) is 38.3 Å². The smallest absolute Gasteiger partial charge is 0.221 e. The molecule has 1 aliphatic rings. The number of carbonyl (C=O) groups is 1. The third-order valence-corrected chi connectivity index (χ3v) is 5.00. The van der Waals surface area contributed by atoms with E-state index in [9.17, 15) is 9.18 Å². The van der Waals surface area contributed by atoms with E-state index in [0.29, 0.717) is 16.8 Å². The number of hydrogen-bond donors (Lipinski definition) is 1. The van der Waals surface area contributed by atoms with E-state index in [4.69, 9.17) is 16.3 Å². The van der Waals surface area contributed by atoms with Crippen LogP contribution in [0.3, 0.4) is 0 Å². The molecule has 2 aromatic carbocycles. The Labute approximate surface area is 165 Å². The molecule has 1 fully saturated rings. The molecule has 1 amide bonds. The van der Waals surface area contributed by atoms with Crippen molar-refractivity contribution in [2.75, 3.05) is 5.32 Å². The number of benzene rings is 2. The standard InChI is InChI=1S/C14H19FO.C8H8ClNO/c1-2-11-3-7-13(8-4-11)16-14-9-5-12(15)6-10-14;1-6(11)10-8-5-3-2-4-7(8)9/h5-6,9-11,13H,2-4,7-8H2,1H3;2-5H,1H3,(H,10,11). The number of nitrogens with one attached hydrogen (secondary N) is 1. The molecular formula is C22H27ClFNO2. The number of rotatable bonds is 4. The van der Waals surface area contributed by atoms with Crippen LogP contribution in [0.5, 0.6) is 5.75 Å². The fourth-order valence-electron chi connectivity index (χ4n) is 3.12. The molecule has 0 saturated heterocycles. The van der Waals surface area contributed by atoms with Crippen molar-refractivity contribution in [3.63, 3.8) is 0 Å². The second-order valence-electron chi connectivity index (χ2n) is 6.78. The second kappa shape index (κ2) is 10.9. The summed E-state index contributed by atoms with van der Waals surface area (Å²) in [4.78, 5) is 10.6. The molecule has 0 spiro atoms. The van der Waals surface area contributed by atoms with Crippen LogP contribution in [-0.2, 0) is 4.79 Å². The lowest BCUT2D eigenvalue weighted by atomic mass is 9.86. The van der Waals surface area contributed by atoms with Crippen LogP contribution in [0.4, 0.5) is 10.1 Å². The summed E-state index contributed by atoms with van der Waals surface area (Å²) in [7, 11) is 0. The van der Waals surface area contributed by atoms with Crippen LogP contribution in [-0.4, -0.2) is 12.0 Å². The average Bonchev–Trinajstić information content (AvgIpc) is 2.66. The predicted molar refractivity (Wildman–Crippen MR) is 109 cm³/mol. The minimum atomic E-state index is -0.206. The highest BCUT2D eigenvalue weighted by Crippen LogP contribution is 2.29. The number of anilines is 1. The van der Waals surface area contributed by atoms with Crippen molar-refractivity contribution >= 4 is 23.2 Å². The molecule has 0 aliphatic heterocycles. The van der Waals surface area contributed by atoms with Gasteiger partial charge in [-0.2, -0.15) is 0 Å². The Morgan fingerprint density at radius 1 is 1.11 bits per heavy atom. The maximum atomic E-state index is 12.7. The lowest BCUT2D eigenvalue weighted by Crippen LogP contribution is -2.23. The van der Waals surface area contributed by atoms with Gasteiger partial charge in [-0.3, -0.25) is 4.79 Å². The van der Waals surface area contributed by atoms with Crippen molar-refractivity contribution in [3.8, 4) is 5.75 Å². The van der Waals surface area contributed by atoms with Gasteiger partial charge in [-0.1, -0.05) is 37.1 Å². The van der Waals surface area contributed by atoms with Crippen LogP contribution in [0, 0.1) is 11.7 Å². The van der Waals surface area contributed by atoms with E-state index < -0.39 is 0 Å². The number of ether oxygens (including phenoxy) is 1. The molecule has 0 heterocycles. The van der Waals surface area contributed by atoms with Crippen molar-refractivity contribution in [1.82, 2.24) is 0 Å². The van der Waals surface area contributed by atoms with Crippen molar-refractivity contribution < 1.29 is 13.9 Å². The number of hydrogen-bond acceptors (Lipinski definition) is 2. The fraction of sp³-hybridized carbons (Fsp3) is 0.409. The molecule has 146 valence electrons. The zero-order valence-electron chi connectivity index (χ0n) is 15.9. The van der Waals surface area contributed by atoms with Gasteiger partial charge in [0, 0.05) is 6.92 Å². The second-order valence-corrected chi connectivity index (χ2v) is 7.19. The van der Waals surface area contributed by atoms with Crippen LogP contribution in [0.1, 0.15) is 46.0 Å². The first-order chi connectivity index (χ1) is 13.0. The zero-order chi connectivity index (χ0) is 19.6. The Morgan fingerprint density at radius 3 is 2.30 bits per heavy atom. The van der Waals surface area contributed by atoms with Gasteiger partial charge in [0.05, 0.1) is 16.8 Å². The lowest BCUT2D eigenvalue weighted by molar-refractivity contribution is -0.114. The zero-order valence-corrected chi connectivity index (χ0v) is 16.6. The first kappa shape index (κ1) is 21.2. The van der Waals surface area contributed by atoms with Gasteiger partial charge >= 0.3 is 0 Å². The van der Waals surface area contributed by atoms with E-state index in [1.807, 2.05) is 12.1 Å². The number of amides is 1. The van der Waals surface area contributed by atoms with Gasteiger partial charge in [0.1, 0.15) is 11.6 Å². The summed E-state index contributed by atoms with van der Waals surface area (Å²) in [5, 5.41) is 3.16. The third-order valence-electron chi connectivity index (χ3n) is 4.67. The molecule has 0 bridgehead atoms. The highest BCUT2D eigenvalue weighted by molar-refractivity contribution is 6.33. The van der Waals surface area contributed by atoms with Gasteiger partial charge in [0.25, 0.3) is 0 Å². The minimum Gasteiger partial charge on any atom is -0.490 e. The van der Waals surface area contributed by atoms with Crippen LogP contribution >= 0.6 is 11.6 Å². The molecule has 1 saturated carbocycles. The first-order valence-corrected chi connectivity index (χ1v) is 9.80. The van der Waals surface area contributed by atoms with Crippen molar-refractivity contribution in [1.29, 1.82) is 0 Å². The molecule has 0 radical (unpaired) electrons. The summed E-state index contributed by atoms with van der Waals surface area (Å²) < 4.78 is 18.5. The molecule has 0 aromatic heterocycles. The molecule has 2 aromatic rings. The summed E-state index contributed by atoms with van der Waals surface area (Å²) in [6, 6.07) is 13.4. The maximum Gasteiger partial charge on any atom is 0.221 e. The Balaban J connectivity index is 0.000000208. The number of halogens is 2. The van der Waals surface area contributed by atoms with Gasteiger partial charge in [0.2, 0.25) is 5.91 Å². The SMILES string of the molecule is CC(=O)Nc1ccccc1Cl.CCC1CCC(Oc2ccc(F)cc2)CC1. The maximum absolute atomic E-state index is 12.7. The first-order valence-electron chi connectivity index (χ1n) is 9.42. The average molecular weight is 392 g/mol. The Morgan fingerprint density at radius 2 is 1.74 bits per heavy atom. The summed E-state index contributed by atoms with van der Waals surface area (Å²) in [5.74, 6) is 1.36. The number of carbonyl (C=O) groups excluding carboxylic acids is 1. The molecule has 3 nitrogen and oxygen atoms in total. The van der Waals surface area contributed by atoms with Gasteiger partial charge in [0.15, 0.2) is 0 Å². The van der Waals surface area contributed by atoms with Crippen molar-refractivity contribution in [2.24, 2.45) is 5.92 Å². The molecule has 0 unspecified atom stereocenters. The van der Waals surface area contributed by atoms with Gasteiger partial charge in [-0.15, -0.1) is 0 Å². The highest BCUT2D eigenvalue weighted by atomic mass is 35.5. The van der Waals surface area contributed by atoms with E-state index >= 15 is 0 Å². The van der Waals surface area contributed by atoms with Crippen LogP contribution < -0.4 is 10.1 Å². The molecule has 5 heteroatoms.